The van der Waals surface area contributed by atoms with E-state index in [1.54, 1.807) is 34.3 Å². The summed E-state index contributed by atoms with van der Waals surface area (Å²) in [4.78, 5) is 27.3. The van der Waals surface area contributed by atoms with Gasteiger partial charge < -0.3 is 19.1 Å². The molecule has 0 aliphatic carbocycles. The van der Waals surface area contributed by atoms with Gasteiger partial charge in [0.25, 0.3) is 5.91 Å². The van der Waals surface area contributed by atoms with Gasteiger partial charge in [-0.1, -0.05) is 37.3 Å². The predicted molar refractivity (Wildman–Crippen MR) is 125 cm³/mol. The molecule has 0 unspecified atom stereocenters. The lowest BCUT2D eigenvalue weighted by Gasteiger charge is -2.26. The molecule has 0 radical (unpaired) electrons. The third-order valence-electron chi connectivity index (χ3n) is 5.62. The number of rotatable bonds is 10. The van der Waals surface area contributed by atoms with E-state index in [0.29, 0.717) is 37.5 Å². The number of methoxy groups -OCH3 is 3. The van der Waals surface area contributed by atoms with Crippen molar-refractivity contribution < 1.29 is 23.8 Å². The van der Waals surface area contributed by atoms with Crippen molar-refractivity contribution in [3.63, 3.8) is 0 Å². The van der Waals surface area contributed by atoms with E-state index < -0.39 is 0 Å². The molecule has 2 amide bonds. The average molecular weight is 454 g/mol. The standard InChI is InChI=1S/C25H31N3O5/c1-5-24(29)27(13-14-31-2)17-25(30)28-22(18-9-7-6-8-10-18)16-21(26-28)20-12-11-19(32-3)15-23(20)33-4/h6-12,15,22H,5,13-14,16-17H2,1-4H3/t22-/m1/s1. The van der Waals surface area contributed by atoms with E-state index in [2.05, 4.69) is 0 Å². The number of carbonyl (C=O) groups excluding carboxylic acids is 2. The van der Waals surface area contributed by atoms with Crippen molar-refractivity contribution in [1.29, 1.82) is 0 Å². The van der Waals surface area contributed by atoms with E-state index >= 15 is 0 Å². The molecule has 0 N–H and O–H groups in total. The first-order valence-corrected chi connectivity index (χ1v) is 11.0. The molecule has 2 aromatic rings. The van der Waals surface area contributed by atoms with Crippen molar-refractivity contribution in [3.8, 4) is 11.5 Å². The lowest BCUT2D eigenvalue weighted by Crippen LogP contribution is -2.42. The molecule has 1 aliphatic rings. The number of hydrogen-bond acceptors (Lipinski definition) is 6. The van der Waals surface area contributed by atoms with Crippen LogP contribution in [-0.2, 0) is 14.3 Å². The summed E-state index contributed by atoms with van der Waals surface area (Å²) in [5, 5.41) is 6.21. The van der Waals surface area contributed by atoms with E-state index in [9.17, 15) is 9.59 Å². The highest BCUT2D eigenvalue weighted by atomic mass is 16.5. The molecule has 1 atom stereocenters. The molecule has 1 heterocycles. The van der Waals surface area contributed by atoms with Crippen molar-refractivity contribution >= 4 is 17.5 Å². The summed E-state index contributed by atoms with van der Waals surface area (Å²) in [6.07, 6.45) is 0.842. The van der Waals surface area contributed by atoms with E-state index in [1.165, 1.54) is 9.91 Å². The lowest BCUT2D eigenvalue weighted by molar-refractivity contribution is -0.141. The Kier molecular flexibility index (Phi) is 8.43. The predicted octanol–water partition coefficient (Wildman–Crippen LogP) is 3.27. The van der Waals surface area contributed by atoms with Crippen LogP contribution in [0.2, 0.25) is 0 Å². The number of ether oxygens (including phenoxy) is 3. The Bertz CT molecular complexity index is 993. The van der Waals surface area contributed by atoms with Gasteiger partial charge >= 0.3 is 0 Å². The monoisotopic (exact) mass is 453 g/mol. The van der Waals surface area contributed by atoms with Gasteiger partial charge in [-0.25, -0.2) is 5.01 Å². The molecule has 0 spiro atoms. The maximum absolute atomic E-state index is 13.4. The van der Waals surface area contributed by atoms with Crippen LogP contribution in [0.3, 0.4) is 0 Å². The van der Waals surface area contributed by atoms with Crippen LogP contribution in [-0.4, -0.2) is 68.5 Å². The first-order chi connectivity index (χ1) is 16.0. The molecule has 0 bridgehead atoms. The molecule has 2 aromatic carbocycles. The van der Waals surface area contributed by atoms with E-state index in [-0.39, 0.29) is 24.4 Å². The minimum Gasteiger partial charge on any atom is -0.497 e. The summed E-state index contributed by atoms with van der Waals surface area (Å²) in [6.45, 7) is 2.43. The number of hydrogen-bond donors (Lipinski definition) is 0. The van der Waals surface area contributed by atoms with Crippen molar-refractivity contribution in [1.82, 2.24) is 9.91 Å². The molecule has 0 saturated carbocycles. The number of nitrogens with zero attached hydrogens (tertiary/aromatic N) is 3. The third-order valence-corrected chi connectivity index (χ3v) is 5.62. The fraction of sp³-hybridized carbons (Fsp3) is 0.400. The Labute approximate surface area is 194 Å². The molecule has 8 heteroatoms. The SMILES string of the molecule is CCC(=O)N(CCOC)CC(=O)N1N=C(c2ccc(OC)cc2OC)C[C@@H]1c1ccccc1. The Morgan fingerprint density at radius 2 is 1.85 bits per heavy atom. The number of hydrazone groups is 1. The van der Waals surface area contributed by atoms with Gasteiger partial charge in [-0.2, -0.15) is 5.10 Å². The highest BCUT2D eigenvalue weighted by molar-refractivity contribution is 6.05. The zero-order chi connectivity index (χ0) is 23.8. The normalized spacial score (nSPS) is 15.2. The fourth-order valence-corrected chi connectivity index (χ4v) is 3.83. The van der Waals surface area contributed by atoms with Crippen LogP contribution in [0.1, 0.15) is 36.9 Å². The first-order valence-electron chi connectivity index (χ1n) is 11.0. The average Bonchev–Trinajstić information content (AvgIpc) is 3.31. The van der Waals surface area contributed by atoms with Crippen LogP contribution in [0.5, 0.6) is 11.5 Å². The van der Waals surface area contributed by atoms with Gasteiger partial charge in [0.05, 0.1) is 32.6 Å². The van der Waals surface area contributed by atoms with Gasteiger partial charge in [-0.15, -0.1) is 0 Å². The van der Waals surface area contributed by atoms with Crippen molar-refractivity contribution in [2.45, 2.75) is 25.8 Å². The minimum atomic E-state index is -0.276. The van der Waals surface area contributed by atoms with Crippen LogP contribution < -0.4 is 9.47 Å². The fourth-order valence-electron chi connectivity index (χ4n) is 3.83. The zero-order valence-electron chi connectivity index (χ0n) is 19.6. The Morgan fingerprint density at radius 3 is 2.48 bits per heavy atom. The Hall–Kier alpha value is -3.39. The molecular weight excluding hydrogens is 422 g/mol. The van der Waals surface area contributed by atoms with E-state index in [0.717, 1.165) is 16.8 Å². The highest BCUT2D eigenvalue weighted by Crippen LogP contribution is 2.36. The molecule has 33 heavy (non-hydrogen) atoms. The van der Waals surface area contributed by atoms with Gasteiger partial charge in [0.15, 0.2) is 0 Å². The van der Waals surface area contributed by atoms with Crippen LogP contribution in [0.15, 0.2) is 53.6 Å². The summed E-state index contributed by atoms with van der Waals surface area (Å²) in [6, 6.07) is 15.0. The summed E-state index contributed by atoms with van der Waals surface area (Å²) >= 11 is 0. The van der Waals surface area contributed by atoms with Crippen LogP contribution in [0.4, 0.5) is 0 Å². The largest absolute Gasteiger partial charge is 0.497 e. The van der Waals surface area contributed by atoms with Crippen molar-refractivity contribution in [3.05, 3.63) is 59.7 Å². The third kappa shape index (κ3) is 5.70. The lowest BCUT2D eigenvalue weighted by atomic mass is 9.98. The summed E-state index contributed by atoms with van der Waals surface area (Å²) in [7, 11) is 4.76. The smallest absolute Gasteiger partial charge is 0.262 e. The van der Waals surface area contributed by atoms with Crippen LogP contribution in [0, 0.1) is 0 Å². The number of benzene rings is 2. The Morgan fingerprint density at radius 1 is 1.09 bits per heavy atom. The topological polar surface area (TPSA) is 80.7 Å². The van der Waals surface area contributed by atoms with E-state index in [4.69, 9.17) is 19.3 Å². The van der Waals surface area contributed by atoms with Crippen molar-refractivity contribution in [2.75, 3.05) is 41.0 Å². The minimum absolute atomic E-state index is 0.0596. The van der Waals surface area contributed by atoms with Crippen LogP contribution >= 0.6 is 0 Å². The van der Waals surface area contributed by atoms with Gasteiger partial charge in [0, 0.05) is 38.1 Å². The summed E-state index contributed by atoms with van der Waals surface area (Å²) < 4.78 is 16.0. The molecule has 3 rings (SSSR count). The molecule has 0 aromatic heterocycles. The van der Waals surface area contributed by atoms with Gasteiger partial charge in [-0.3, -0.25) is 9.59 Å². The maximum Gasteiger partial charge on any atom is 0.262 e. The molecule has 176 valence electrons. The molecular formula is C25H31N3O5. The second-order valence-electron chi connectivity index (χ2n) is 7.64. The second-order valence-corrected chi connectivity index (χ2v) is 7.64. The first kappa shape index (κ1) is 24.3. The Balaban J connectivity index is 1.94. The number of carbonyl (C=O) groups is 2. The van der Waals surface area contributed by atoms with Crippen LogP contribution in [0.25, 0.3) is 0 Å². The van der Waals surface area contributed by atoms with Crippen molar-refractivity contribution in [2.24, 2.45) is 5.10 Å². The summed E-state index contributed by atoms with van der Waals surface area (Å²) in [5.74, 6) is 0.951. The highest BCUT2D eigenvalue weighted by Gasteiger charge is 2.35. The number of amides is 2. The quantitative estimate of drug-likeness (QED) is 0.552. The zero-order valence-corrected chi connectivity index (χ0v) is 19.6. The molecule has 1 aliphatic heterocycles. The summed E-state index contributed by atoms with van der Waals surface area (Å²) in [5.41, 5.74) is 2.51. The molecule has 0 fully saturated rings. The van der Waals surface area contributed by atoms with Gasteiger partial charge in [-0.05, 0) is 17.7 Å². The maximum atomic E-state index is 13.4. The molecule has 8 nitrogen and oxygen atoms in total. The van der Waals surface area contributed by atoms with Gasteiger partial charge in [0.1, 0.15) is 18.0 Å². The molecule has 0 saturated heterocycles. The van der Waals surface area contributed by atoms with Gasteiger partial charge in [0.2, 0.25) is 5.91 Å². The van der Waals surface area contributed by atoms with E-state index in [1.807, 2.05) is 42.5 Å². The second kappa shape index (κ2) is 11.5.